The Balaban J connectivity index is 2.18. The molecule has 4 nitrogen and oxygen atoms in total. The van der Waals surface area contributed by atoms with Gasteiger partial charge in [0.1, 0.15) is 5.01 Å². The van der Waals surface area contributed by atoms with E-state index in [-0.39, 0.29) is 6.42 Å². The van der Waals surface area contributed by atoms with Crippen molar-refractivity contribution in [3.8, 4) is 10.6 Å². The van der Waals surface area contributed by atoms with E-state index in [0.29, 0.717) is 5.01 Å². The molecule has 0 saturated carbocycles. The van der Waals surface area contributed by atoms with E-state index in [1.165, 1.54) is 11.3 Å². The van der Waals surface area contributed by atoms with Gasteiger partial charge in [-0.15, -0.1) is 22.7 Å². The molecule has 1 atom stereocenters. The number of nitrogens with zero attached hydrogens (tertiary/aromatic N) is 1. The van der Waals surface area contributed by atoms with Crippen LogP contribution in [0.5, 0.6) is 0 Å². The van der Waals surface area contributed by atoms with Crippen molar-refractivity contribution in [2.24, 2.45) is 5.73 Å². The van der Waals surface area contributed by atoms with Crippen molar-refractivity contribution in [2.45, 2.75) is 12.5 Å². The van der Waals surface area contributed by atoms with E-state index in [1.54, 1.807) is 11.3 Å². The number of thiophene rings is 1. The van der Waals surface area contributed by atoms with Crippen molar-refractivity contribution in [1.82, 2.24) is 4.98 Å². The number of rotatable bonds is 4. The molecule has 0 aromatic carbocycles. The van der Waals surface area contributed by atoms with Crippen molar-refractivity contribution < 1.29 is 9.90 Å². The minimum atomic E-state index is -0.909. The van der Waals surface area contributed by atoms with Crippen LogP contribution in [0.4, 0.5) is 0 Å². The summed E-state index contributed by atoms with van der Waals surface area (Å²) in [5.74, 6) is -0.909. The van der Waals surface area contributed by atoms with E-state index in [4.69, 9.17) is 10.8 Å². The van der Waals surface area contributed by atoms with Gasteiger partial charge < -0.3 is 10.8 Å². The molecule has 3 N–H and O–H groups in total. The number of carboxylic acids is 1. The molecular weight excluding hydrogens is 324 g/mol. The predicted octanol–water partition coefficient (Wildman–Crippen LogP) is 3.11. The normalized spacial score (nSPS) is 12.6. The van der Waals surface area contributed by atoms with Gasteiger partial charge in [0.15, 0.2) is 0 Å². The fourth-order valence-electron chi connectivity index (χ4n) is 1.29. The van der Waals surface area contributed by atoms with Crippen LogP contribution in [-0.4, -0.2) is 16.1 Å². The van der Waals surface area contributed by atoms with Gasteiger partial charge in [-0.2, -0.15) is 0 Å². The van der Waals surface area contributed by atoms with E-state index >= 15 is 0 Å². The van der Waals surface area contributed by atoms with Gasteiger partial charge in [0.05, 0.1) is 23.0 Å². The maximum absolute atomic E-state index is 10.6. The molecular formula is C10H9BrN2O2S2. The highest BCUT2D eigenvalue weighted by Crippen LogP contribution is 2.32. The van der Waals surface area contributed by atoms with Crippen LogP contribution in [0.25, 0.3) is 10.6 Å². The highest BCUT2D eigenvalue weighted by molar-refractivity contribution is 9.10. The van der Waals surface area contributed by atoms with Gasteiger partial charge in [-0.05, 0) is 22.0 Å². The van der Waals surface area contributed by atoms with Crippen LogP contribution in [0.2, 0.25) is 0 Å². The van der Waals surface area contributed by atoms with Crippen LogP contribution in [0.1, 0.15) is 17.5 Å². The van der Waals surface area contributed by atoms with Gasteiger partial charge in [0.2, 0.25) is 0 Å². The summed E-state index contributed by atoms with van der Waals surface area (Å²) in [4.78, 5) is 16.0. The molecule has 2 heterocycles. The molecule has 17 heavy (non-hydrogen) atoms. The zero-order valence-corrected chi connectivity index (χ0v) is 11.8. The van der Waals surface area contributed by atoms with Crippen LogP contribution >= 0.6 is 38.6 Å². The Hall–Kier alpha value is -0.760. The number of carboxylic acid groups (broad SMARTS) is 1. The first-order valence-corrected chi connectivity index (χ1v) is 7.28. The van der Waals surface area contributed by atoms with E-state index in [0.717, 1.165) is 15.0 Å². The molecule has 0 fully saturated rings. The molecule has 1 unspecified atom stereocenters. The van der Waals surface area contributed by atoms with Gasteiger partial charge in [-0.25, -0.2) is 4.98 Å². The highest BCUT2D eigenvalue weighted by atomic mass is 79.9. The number of thiazole rings is 1. The molecule has 0 aliphatic carbocycles. The lowest BCUT2D eigenvalue weighted by Crippen LogP contribution is -2.14. The highest BCUT2D eigenvalue weighted by Gasteiger charge is 2.15. The van der Waals surface area contributed by atoms with E-state index in [9.17, 15) is 4.79 Å². The molecule has 0 spiro atoms. The fourth-order valence-corrected chi connectivity index (χ4v) is 3.58. The second-order valence-electron chi connectivity index (χ2n) is 3.40. The third-order valence-electron chi connectivity index (χ3n) is 2.05. The lowest BCUT2D eigenvalue weighted by Gasteiger charge is -2.03. The quantitative estimate of drug-likeness (QED) is 0.901. The monoisotopic (exact) mass is 332 g/mol. The van der Waals surface area contributed by atoms with Crippen molar-refractivity contribution in [3.05, 3.63) is 26.3 Å². The lowest BCUT2D eigenvalue weighted by molar-refractivity contribution is -0.137. The molecule has 0 amide bonds. The summed E-state index contributed by atoms with van der Waals surface area (Å²) < 4.78 is 1.02. The maximum Gasteiger partial charge on any atom is 0.305 e. The van der Waals surface area contributed by atoms with Gasteiger partial charge in [0, 0.05) is 15.2 Å². The minimum absolute atomic E-state index is 0.0961. The number of aromatic nitrogens is 1. The van der Waals surface area contributed by atoms with Gasteiger partial charge in [-0.3, -0.25) is 4.79 Å². The molecule has 2 rings (SSSR count). The van der Waals surface area contributed by atoms with Crippen LogP contribution in [0, 0.1) is 0 Å². The zero-order chi connectivity index (χ0) is 12.4. The maximum atomic E-state index is 10.6. The number of hydrogen-bond acceptors (Lipinski definition) is 5. The molecule has 0 aliphatic rings. The summed E-state index contributed by atoms with van der Waals surface area (Å²) >= 11 is 6.36. The summed E-state index contributed by atoms with van der Waals surface area (Å²) in [6.07, 6.45) is -0.0961. The Morgan fingerprint density at radius 3 is 2.88 bits per heavy atom. The Morgan fingerprint density at radius 2 is 2.29 bits per heavy atom. The Morgan fingerprint density at radius 1 is 1.53 bits per heavy atom. The zero-order valence-electron chi connectivity index (χ0n) is 8.59. The number of carbonyl (C=O) groups is 1. The van der Waals surface area contributed by atoms with Crippen molar-refractivity contribution in [1.29, 1.82) is 0 Å². The number of nitrogens with two attached hydrogens (primary N) is 1. The van der Waals surface area contributed by atoms with Gasteiger partial charge in [0.25, 0.3) is 0 Å². The van der Waals surface area contributed by atoms with Crippen LogP contribution in [-0.2, 0) is 4.79 Å². The molecule has 2 aromatic heterocycles. The minimum Gasteiger partial charge on any atom is -0.481 e. The molecule has 0 aliphatic heterocycles. The Bertz CT molecular complexity index is 538. The van der Waals surface area contributed by atoms with Crippen molar-refractivity contribution in [2.75, 3.05) is 0 Å². The van der Waals surface area contributed by atoms with E-state index in [2.05, 4.69) is 20.9 Å². The molecule has 7 heteroatoms. The average Bonchev–Trinajstić information content (AvgIpc) is 2.84. The van der Waals surface area contributed by atoms with Crippen LogP contribution in [0.3, 0.4) is 0 Å². The molecule has 2 aromatic rings. The summed E-state index contributed by atoms with van der Waals surface area (Å²) in [5, 5.41) is 13.2. The third-order valence-corrected chi connectivity index (χ3v) is 4.74. The summed E-state index contributed by atoms with van der Waals surface area (Å²) in [7, 11) is 0. The third kappa shape index (κ3) is 3.12. The van der Waals surface area contributed by atoms with E-state index < -0.39 is 12.0 Å². The lowest BCUT2D eigenvalue weighted by atomic mass is 10.2. The largest absolute Gasteiger partial charge is 0.481 e. The van der Waals surface area contributed by atoms with Crippen LogP contribution < -0.4 is 5.73 Å². The molecule has 0 radical (unpaired) electrons. The van der Waals surface area contributed by atoms with Crippen molar-refractivity contribution >= 4 is 44.6 Å². The molecule has 0 bridgehead atoms. The second-order valence-corrected chi connectivity index (χ2v) is 6.12. The summed E-state index contributed by atoms with van der Waals surface area (Å²) in [6, 6.07) is 1.45. The van der Waals surface area contributed by atoms with Gasteiger partial charge in [-0.1, -0.05) is 0 Å². The standard InChI is InChI=1S/C10H9BrN2O2S2/c11-5-1-8(16-3-5)7-4-17-10(13-7)6(12)2-9(14)15/h1,3-4,6H,2,12H2,(H,14,15). The summed E-state index contributed by atoms with van der Waals surface area (Å²) in [5.41, 5.74) is 6.60. The van der Waals surface area contributed by atoms with Crippen LogP contribution in [0.15, 0.2) is 21.3 Å². The average molecular weight is 333 g/mol. The predicted molar refractivity (Wildman–Crippen MR) is 72.3 cm³/mol. The number of halogens is 1. The molecule has 0 saturated heterocycles. The molecule has 90 valence electrons. The second kappa shape index (κ2) is 5.26. The summed E-state index contributed by atoms with van der Waals surface area (Å²) in [6.45, 7) is 0. The van der Waals surface area contributed by atoms with Crippen molar-refractivity contribution in [3.63, 3.8) is 0 Å². The first-order valence-electron chi connectivity index (χ1n) is 4.73. The smallest absolute Gasteiger partial charge is 0.305 e. The fraction of sp³-hybridized carbons (Fsp3) is 0.200. The number of aliphatic carboxylic acids is 1. The Kier molecular flexibility index (Phi) is 3.93. The number of hydrogen-bond donors (Lipinski definition) is 2. The first-order chi connectivity index (χ1) is 8.06. The SMILES string of the molecule is NC(CC(=O)O)c1nc(-c2cc(Br)cs2)cs1. The Labute approximate surface area is 114 Å². The van der Waals surface area contributed by atoms with Gasteiger partial charge >= 0.3 is 5.97 Å². The van der Waals surface area contributed by atoms with E-state index in [1.807, 2.05) is 16.8 Å². The topological polar surface area (TPSA) is 76.2 Å². The first kappa shape index (κ1) is 12.7.